The van der Waals surface area contributed by atoms with Crippen molar-refractivity contribution in [3.05, 3.63) is 41.0 Å². The van der Waals surface area contributed by atoms with E-state index in [1.165, 1.54) is 30.3 Å². The summed E-state index contributed by atoms with van der Waals surface area (Å²) in [6.07, 6.45) is 4.30. The predicted octanol–water partition coefficient (Wildman–Crippen LogP) is 4.91. The summed E-state index contributed by atoms with van der Waals surface area (Å²) in [5, 5.41) is 5.55. The molecule has 0 amide bonds. The third kappa shape index (κ3) is 6.21. The largest absolute Gasteiger partial charge is 0.310 e. The van der Waals surface area contributed by atoms with Gasteiger partial charge >= 0.3 is 0 Å². The van der Waals surface area contributed by atoms with E-state index in [1.807, 2.05) is 18.3 Å². The number of nitrogens with one attached hydrogen (secondary N) is 1. The van der Waals surface area contributed by atoms with Crippen LogP contribution < -0.4 is 5.32 Å². The van der Waals surface area contributed by atoms with E-state index in [2.05, 4.69) is 48.1 Å². The van der Waals surface area contributed by atoms with Crippen molar-refractivity contribution in [3.8, 4) is 0 Å². The van der Waals surface area contributed by atoms with Crippen LogP contribution in [0.15, 0.2) is 30.5 Å². The Labute approximate surface area is 157 Å². The quantitative estimate of drug-likeness (QED) is 0.680. The second-order valence-corrected chi connectivity index (χ2v) is 6.52. The molecule has 1 aromatic carbocycles. The fourth-order valence-electron chi connectivity index (χ4n) is 2.88. The first-order chi connectivity index (χ1) is 11.1. The maximum atomic E-state index is 6.05. The van der Waals surface area contributed by atoms with E-state index in [-0.39, 0.29) is 12.4 Å². The van der Waals surface area contributed by atoms with Crippen LogP contribution >= 0.6 is 24.0 Å². The molecule has 134 valence electrons. The van der Waals surface area contributed by atoms with E-state index < -0.39 is 0 Å². The van der Waals surface area contributed by atoms with Gasteiger partial charge in [-0.2, -0.15) is 0 Å². The van der Waals surface area contributed by atoms with Gasteiger partial charge in [0.15, 0.2) is 0 Å². The number of aromatic nitrogens is 1. The molecule has 1 unspecified atom stereocenters. The molecule has 0 fully saturated rings. The minimum absolute atomic E-state index is 0. The van der Waals surface area contributed by atoms with Crippen molar-refractivity contribution in [1.29, 1.82) is 0 Å². The molecule has 1 atom stereocenters. The first-order valence-electron chi connectivity index (χ1n) is 8.63. The molecule has 3 nitrogen and oxygen atoms in total. The third-order valence-electron chi connectivity index (χ3n) is 4.44. The van der Waals surface area contributed by atoms with Gasteiger partial charge < -0.3 is 10.2 Å². The number of pyridine rings is 1. The summed E-state index contributed by atoms with van der Waals surface area (Å²) < 4.78 is 0. The highest BCUT2D eigenvalue weighted by atomic mass is 35.5. The molecule has 1 N–H and O–H groups in total. The molecule has 0 bridgehead atoms. The van der Waals surface area contributed by atoms with Gasteiger partial charge in [0.05, 0.1) is 5.52 Å². The van der Waals surface area contributed by atoms with Gasteiger partial charge in [-0.15, -0.1) is 12.4 Å². The number of fused-ring (bicyclic) bond motifs is 1. The minimum atomic E-state index is 0. The number of hydrogen-bond acceptors (Lipinski definition) is 3. The van der Waals surface area contributed by atoms with Crippen LogP contribution in [0.4, 0.5) is 0 Å². The third-order valence-corrected chi connectivity index (χ3v) is 4.68. The smallest absolute Gasteiger partial charge is 0.0720 e. The van der Waals surface area contributed by atoms with Crippen molar-refractivity contribution in [2.75, 3.05) is 19.6 Å². The first kappa shape index (κ1) is 21.2. The molecule has 2 rings (SSSR count). The van der Waals surface area contributed by atoms with Crippen LogP contribution in [0, 0.1) is 0 Å². The maximum Gasteiger partial charge on any atom is 0.0720 e. The van der Waals surface area contributed by atoms with E-state index in [4.69, 9.17) is 11.6 Å². The van der Waals surface area contributed by atoms with E-state index in [1.54, 1.807) is 0 Å². The summed E-state index contributed by atoms with van der Waals surface area (Å²) in [5.41, 5.74) is 2.24. The fourth-order valence-corrected chi connectivity index (χ4v) is 3.05. The summed E-state index contributed by atoms with van der Waals surface area (Å²) in [4.78, 5) is 6.88. The standard InChI is InChI=1S/C19H28ClN3.ClH/c1-4-23(5-2)12-6-7-15(3)22-14-16-10-11-21-19-13-17(20)8-9-18(16)19;/h8-11,13,15,22H,4-7,12,14H2,1-3H3;1H. The average molecular weight is 370 g/mol. The van der Waals surface area contributed by atoms with Gasteiger partial charge in [-0.05, 0) is 63.2 Å². The summed E-state index contributed by atoms with van der Waals surface area (Å²) in [6.45, 7) is 11.1. The molecule has 0 radical (unpaired) electrons. The Morgan fingerprint density at radius 3 is 2.67 bits per heavy atom. The molecule has 0 aliphatic rings. The van der Waals surface area contributed by atoms with Gasteiger partial charge in [-0.3, -0.25) is 4.98 Å². The molecule has 0 saturated heterocycles. The van der Waals surface area contributed by atoms with Crippen LogP contribution in [0.25, 0.3) is 10.9 Å². The van der Waals surface area contributed by atoms with Crippen molar-refractivity contribution in [1.82, 2.24) is 15.2 Å². The number of benzene rings is 1. The van der Waals surface area contributed by atoms with Crippen molar-refractivity contribution in [2.45, 2.75) is 46.2 Å². The molecule has 24 heavy (non-hydrogen) atoms. The molecule has 2 aromatic rings. The van der Waals surface area contributed by atoms with Gasteiger partial charge in [0.25, 0.3) is 0 Å². The Kier molecular flexibility index (Phi) is 9.60. The first-order valence-corrected chi connectivity index (χ1v) is 9.00. The van der Waals surface area contributed by atoms with Gasteiger partial charge in [0.1, 0.15) is 0 Å². The van der Waals surface area contributed by atoms with Crippen molar-refractivity contribution < 1.29 is 0 Å². The van der Waals surface area contributed by atoms with Crippen LogP contribution in [0.3, 0.4) is 0 Å². The Morgan fingerprint density at radius 2 is 1.96 bits per heavy atom. The Hall–Kier alpha value is -0.870. The molecule has 5 heteroatoms. The molecule has 0 saturated carbocycles. The van der Waals surface area contributed by atoms with Crippen LogP contribution in [0.1, 0.15) is 39.2 Å². The van der Waals surface area contributed by atoms with Gasteiger partial charge in [-0.25, -0.2) is 0 Å². The monoisotopic (exact) mass is 369 g/mol. The number of rotatable bonds is 9. The molecular formula is C19H29Cl2N3. The number of nitrogens with zero attached hydrogens (tertiary/aromatic N) is 2. The van der Waals surface area contributed by atoms with Gasteiger partial charge in [-0.1, -0.05) is 31.5 Å². The Bertz CT molecular complexity index is 615. The summed E-state index contributed by atoms with van der Waals surface area (Å²) >= 11 is 6.05. The predicted molar refractivity (Wildman–Crippen MR) is 107 cm³/mol. The molecule has 0 spiro atoms. The fraction of sp³-hybridized carbons (Fsp3) is 0.526. The lowest BCUT2D eigenvalue weighted by Gasteiger charge is -2.20. The number of halogens is 2. The molecule has 0 aliphatic heterocycles. The Balaban J connectivity index is 0.00000288. The van der Waals surface area contributed by atoms with Crippen molar-refractivity contribution in [3.63, 3.8) is 0 Å². The minimum Gasteiger partial charge on any atom is -0.310 e. The zero-order chi connectivity index (χ0) is 16.7. The molecule has 0 aliphatic carbocycles. The van der Waals surface area contributed by atoms with Crippen LogP contribution in [0.5, 0.6) is 0 Å². The lowest BCUT2D eigenvalue weighted by Crippen LogP contribution is -2.28. The second-order valence-electron chi connectivity index (χ2n) is 6.08. The highest BCUT2D eigenvalue weighted by Crippen LogP contribution is 2.20. The topological polar surface area (TPSA) is 28.2 Å². The molecule has 1 heterocycles. The van der Waals surface area contributed by atoms with Gasteiger partial charge in [0.2, 0.25) is 0 Å². The lowest BCUT2D eigenvalue weighted by molar-refractivity contribution is 0.290. The van der Waals surface area contributed by atoms with Crippen LogP contribution in [-0.4, -0.2) is 35.6 Å². The van der Waals surface area contributed by atoms with Gasteiger partial charge in [0, 0.05) is 29.2 Å². The van der Waals surface area contributed by atoms with E-state index in [0.717, 1.165) is 30.2 Å². The normalized spacial score (nSPS) is 12.4. The molecule has 1 aromatic heterocycles. The summed E-state index contributed by atoms with van der Waals surface area (Å²) in [6, 6.07) is 8.52. The summed E-state index contributed by atoms with van der Waals surface area (Å²) in [7, 11) is 0. The van der Waals surface area contributed by atoms with Crippen LogP contribution in [0.2, 0.25) is 5.02 Å². The average Bonchev–Trinajstić information content (AvgIpc) is 2.56. The van der Waals surface area contributed by atoms with Crippen molar-refractivity contribution >= 4 is 34.9 Å². The Morgan fingerprint density at radius 1 is 1.21 bits per heavy atom. The highest BCUT2D eigenvalue weighted by molar-refractivity contribution is 6.31. The lowest BCUT2D eigenvalue weighted by atomic mass is 10.1. The highest BCUT2D eigenvalue weighted by Gasteiger charge is 2.06. The van der Waals surface area contributed by atoms with Crippen molar-refractivity contribution in [2.24, 2.45) is 0 Å². The SMILES string of the molecule is CCN(CC)CCCC(C)NCc1ccnc2cc(Cl)ccc12.Cl. The zero-order valence-corrected chi connectivity index (χ0v) is 16.5. The number of hydrogen-bond donors (Lipinski definition) is 1. The van der Waals surface area contributed by atoms with E-state index >= 15 is 0 Å². The van der Waals surface area contributed by atoms with Crippen LogP contribution in [-0.2, 0) is 6.54 Å². The molecular weight excluding hydrogens is 341 g/mol. The van der Waals surface area contributed by atoms with E-state index in [9.17, 15) is 0 Å². The van der Waals surface area contributed by atoms with E-state index in [0.29, 0.717) is 6.04 Å². The second kappa shape index (κ2) is 10.9. The summed E-state index contributed by atoms with van der Waals surface area (Å²) in [5.74, 6) is 0. The zero-order valence-electron chi connectivity index (χ0n) is 14.9. The maximum absolute atomic E-state index is 6.05.